The summed E-state index contributed by atoms with van der Waals surface area (Å²) in [6.07, 6.45) is -4.64. The van der Waals surface area contributed by atoms with Crippen LogP contribution in [-0.4, -0.2) is 51.8 Å². The van der Waals surface area contributed by atoms with Crippen molar-refractivity contribution in [3.63, 3.8) is 0 Å². The van der Waals surface area contributed by atoms with Crippen LogP contribution in [0.1, 0.15) is 50.2 Å². The van der Waals surface area contributed by atoms with Crippen LogP contribution < -0.4 is 16.4 Å². The molecule has 2 aromatic carbocycles. The molecule has 2 aromatic rings. The smallest absolute Gasteiger partial charge is 0.475 e. The Bertz CT molecular complexity index is 1300. The molecule has 14 heteroatoms. The number of carbonyl (C=O) groups excluding carboxylic acids is 4. The molecule has 1 atom stereocenters. The number of nitrogens with zero attached hydrogens (tertiary/aromatic N) is 1. The van der Waals surface area contributed by atoms with Crippen LogP contribution in [0.3, 0.4) is 0 Å². The van der Waals surface area contributed by atoms with Gasteiger partial charge in [0.2, 0.25) is 11.8 Å². The molecule has 38 heavy (non-hydrogen) atoms. The van der Waals surface area contributed by atoms with E-state index in [0.717, 1.165) is 0 Å². The molecule has 2 aliphatic rings. The highest BCUT2D eigenvalue weighted by molar-refractivity contribution is 6.06. The van der Waals surface area contributed by atoms with Crippen molar-refractivity contribution in [2.45, 2.75) is 44.7 Å². The van der Waals surface area contributed by atoms with E-state index in [1.54, 1.807) is 24.3 Å². The van der Waals surface area contributed by atoms with Gasteiger partial charge in [-0.25, -0.2) is 9.18 Å². The molecule has 1 saturated heterocycles. The number of alkyl halides is 3. The number of carbonyl (C=O) groups is 5. The molecule has 5 N–H and O–H groups in total. The van der Waals surface area contributed by atoms with Gasteiger partial charge in [-0.2, -0.15) is 13.2 Å². The number of hydrogen-bond donors (Lipinski definition) is 4. The van der Waals surface area contributed by atoms with Gasteiger partial charge in [-0.15, -0.1) is 0 Å². The van der Waals surface area contributed by atoms with E-state index in [4.69, 9.17) is 15.6 Å². The van der Waals surface area contributed by atoms with Crippen LogP contribution in [0.15, 0.2) is 36.4 Å². The van der Waals surface area contributed by atoms with Gasteiger partial charge >= 0.3 is 12.1 Å². The largest absolute Gasteiger partial charge is 0.490 e. The molecule has 4 amide bonds. The van der Waals surface area contributed by atoms with Crippen molar-refractivity contribution >= 4 is 29.6 Å². The summed E-state index contributed by atoms with van der Waals surface area (Å²) in [5, 5.41) is 12.0. The number of hydrogen-bond acceptors (Lipinski definition) is 6. The third-order valence-electron chi connectivity index (χ3n) is 5.83. The summed E-state index contributed by atoms with van der Waals surface area (Å²) < 4.78 is 45.8. The Morgan fingerprint density at radius 1 is 1.13 bits per heavy atom. The van der Waals surface area contributed by atoms with E-state index in [1.807, 2.05) is 0 Å². The lowest BCUT2D eigenvalue weighted by Gasteiger charge is -2.29. The molecular weight excluding hydrogens is 516 g/mol. The van der Waals surface area contributed by atoms with Crippen molar-refractivity contribution in [1.82, 2.24) is 15.5 Å². The number of aliphatic carboxylic acids is 1. The molecule has 0 saturated carbocycles. The Kier molecular flexibility index (Phi) is 8.46. The molecule has 1 unspecified atom stereocenters. The first-order valence-electron chi connectivity index (χ1n) is 11.1. The molecule has 0 bridgehead atoms. The monoisotopic (exact) mass is 538 g/mol. The standard InChI is InChI=1S/C22H21FN4O4.C2HF3O2/c23-17-7-12(9-24)1-2-14(17)10-25-20(29)13-3-4-15-11-27(22(31)16(15)8-13)18-5-6-19(28)26-21(18)30;3-2(4,5)1(6)7/h1-4,7-8,18H,5-6,9-11,24H2,(H,25,29)(H,26,28,30);(H,6,7). The third-order valence-corrected chi connectivity index (χ3v) is 5.83. The SMILES string of the molecule is NCc1ccc(CNC(=O)c2ccc3c(c2)C(=O)N(C2CCC(=O)NC2=O)C3)c(F)c1.O=C(O)C(F)(F)F. The Morgan fingerprint density at radius 2 is 1.82 bits per heavy atom. The number of nitrogens with two attached hydrogens (primary N) is 1. The summed E-state index contributed by atoms with van der Waals surface area (Å²) in [7, 11) is 0. The van der Waals surface area contributed by atoms with Crippen LogP contribution in [0.25, 0.3) is 0 Å². The first kappa shape index (κ1) is 28.2. The normalized spacial score (nSPS) is 16.8. The van der Waals surface area contributed by atoms with Crippen molar-refractivity contribution in [3.8, 4) is 0 Å². The fourth-order valence-electron chi connectivity index (χ4n) is 3.83. The van der Waals surface area contributed by atoms with E-state index in [-0.39, 0.29) is 49.9 Å². The molecule has 2 heterocycles. The molecule has 4 rings (SSSR count). The van der Waals surface area contributed by atoms with E-state index >= 15 is 0 Å². The lowest BCUT2D eigenvalue weighted by atomic mass is 10.0. The minimum Gasteiger partial charge on any atom is -0.475 e. The Labute approximate surface area is 212 Å². The van der Waals surface area contributed by atoms with Crippen LogP contribution in [0.2, 0.25) is 0 Å². The summed E-state index contributed by atoms with van der Waals surface area (Å²) in [5.74, 6) is -4.85. The van der Waals surface area contributed by atoms with E-state index in [0.29, 0.717) is 22.3 Å². The van der Waals surface area contributed by atoms with Gasteiger partial charge < -0.3 is 21.1 Å². The molecule has 0 radical (unpaired) electrons. The number of imide groups is 1. The topological polar surface area (TPSA) is 159 Å². The molecule has 1 fully saturated rings. The van der Waals surface area contributed by atoms with Gasteiger partial charge in [-0.05, 0) is 35.7 Å². The zero-order valence-electron chi connectivity index (χ0n) is 19.6. The molecule has 2 aliphatic heterocycles. The van der Waals surface area contributed by atoms with Gasteiger partial charge in [0.15, 0.2) is 0 Å². The maximum atomic E-state index is 14.1. The first-order chi connectivity index (χ1) is 17.8. The number of fused-ring (bicyclic) bond motifs is 1. The molecule has 10 nitrogen and oxygen atoms in total. The second kappa shape index (κ2) is 11.4. The van der Waals surface area contributed by atoms with Crippen LogP contribution in [0.4, 0.5) is 17.6 Å². The number of nitrogens with one attached hydrogen (secondary N) is 2. The van der Waals surface area contributed by atoms with Gasteiger partial charge in [0.1, 0.15) is 11.9 Å². The predicted molar refractivity (Wildman–Crippen MR) is 122 cm³/mol. The van der Waals surface area contributed by atoms with Crippen molar-refractivity contribution in [3.05, 3.63) is 70.0 Å². The van der Waals surface area contributed by atoms with Crippen molar-refractivity contribution in [2.24, 2.45) is 5.73 Å². The zero-order chi connectivity index (χ0) is 28.2. The second-order valence-corrected chi connectivity index (χ2v) is 8.39. The fraction of sp³-hybridized carbons (Fsp3) is 0.292. The van der Waals surface area contributed by atoms with Crippen LogP contribution >= 0.6 is 0 Å². The average molecular weight is 538 g/mol. The maximum Gasteiger partial charge on any atom is 0.490 e. The number of rotatable bonds is 5. The van der Waals surface area contributed by atoms with Gasteiger partial charge in [-0.3, -0.25) is 24.5 Å². The predicted octanol–water partition coefficient (Wildman–Crippen LogP) is 1.61. The third kappa shape index (κ3) is 6.51. The lowest BCUT2D eigenvalue weighted by molar-refractivity contribution is -0.192. The minimum absolute atomic E-state index is 0.0110. The maximum absolute atomic E-state index is 14.1. The number of piperidine rings is 1. The summed E-state index contributed by atoms with van der Waals surface area (Å²) in [6.45, 7) is 0.451. The van der Waals surface area contributed by atoms with Crippen molar-refractivity contribution in [2.75, 3.05) is 0 Å². The summed E-state index contributed by atoms with van der Waals surface area (Å²) in [6, 6.07) is 8.62. The highest BCUT2D eigenvalue weighted by Crippen LogP contribution is 2.28. The molecule has 0 aliphatic carbocycles. The van der Waals surface area contributed by atoms with Gasteiger partial charge in [-0.1, -0.05) is 18.2 Å². The molecule has 202 valence electrons. The summed E-state index contributed by atoms with van der Waals surface area (Å²) >= 11 is 0. The van der Waals surface area contributed by atoms with Crippen molar-refractivity contribution in [1.29, 1.82) is 0 Å². The van der Waals surface area contributed by atoms with Crippen LogP contribution in [0.5, 0.6) is 0 Å². The second-order valence-electron chi connectivity index (χ2n) is 8.39. The number of carboxylic acids is 1. The summed E-state index contributed by atoms with van der Waals surface area (Å²) in [4.78, 5) is 59.2. The van der Waals surface area contributed by atoms with Crippen LogP contribution in [0, 0.1) is 5.82 Å². The van der Waals surface area contributed by atoms with Gasteiger partial charge in [0.05, 0.1) is 0 Å². The number of carboxylic acid groups (broad SMARTS) is 1. The Balaban J connectivity index is 0.000000505. The number of halogens is 4. The van der Waals surface area contributed by atoms with E-state index in [9.17, 15) is 36.7 Å². The molecule has 0 spiro atoms. The quantitative estimate of drug-likeness (QED) is 0.333. The summed E-state index contributed by atoms with van der Waals surface area (Å²) in [5.41, 5.74) is 7.78. The number of amides is 4. The Hall–Kier alpha value is -4.33. The van der Waals surface area contributed by atoms with Gasteiger partial charge in [0, 0.05) is 42.7 Å². The van der Waals surface area contributed by atoms with E-state index in [1.165, 1.54) is 17.0 Å². The van der Waals surface area contributed by atoms with Crippen molar-refractivity contribution < 1.29 is 46.6 Å². The average Bonchev–Trinajstić information content (AvgIpc) is 3.18. The van der Waals surface area contributed by atoms with E-state index < -0.39 is 35.8 Å². The molecule has 0 aromatic heterocycles. The number of benzene rings is 2. The minimum atomic E-state index is -5.08. The Morgan fingerprint density at radius 3 is 2.39 bits per heavy atom. The van der Waals surface area contributed by atoms with E-state index in [2.05, 4.69) is 10.6 Å². The zero-order valence-corrected chi connectivity index (χ0v) is 19.6. The fourth-order valence-corrected chi connectivity index (χ4v) is 3.83. The first-order valence-corrected chi connectivity index (χ1v) is 11.1. The highest BCUT2D eigenvalue weighted by atomic mass is 19.4. The van der Waals surface area contributed by atoms with Crippen LogP contribution in [-0.2, 0) is 34.0 Å². The lowest BCUT2D eigenvalue weighted by Crippen LogP contribution is -2.52. The highest BCUT2D eigenvalue weighted by Gasteiger charge is 2.39. The van der Waals surface area contributed by atoms with Gasteiger partial charge in [0.25, 0.3) is 11.8 Å². The molecular formula is C24H22F4N4O6.